The van der Waals surface area contributed by atoms with Crippen LogP contribution in [0.15, 0.2) is 47.3 Å². The lowest BCUT2D eigenvalue weighted by molar-refractivity contribution is 0.246. The first-order valence-corrected chi connectivity index (χ1v) is 10.5. The lowest BCUT2D eigenvalue weighted by Crippen LogP contribution is -2.31. The first-order valence-electron chi connectivity index (χ1n) is 10.5. The zero-order valence-electron chi connectivity index (χ0n) is 17.2. The third-order valence-corrected chi connectivity index (χ3v) is 6.21. The summed E-state index contributed by atoms with van der Waals surface area (Å²) in [6, 6.07) is 13.6. The highest BCUT2D eigenvalue weighted by Crippen LogP contribution is 2.31. The normalized spacial score (nSPS) is 19.4. The zero-order valence-corrected chi connectivity index (χ0v) is 17.2. The fourth-order valence-corrected chi connectivity index (χ4v) is 4.57. The van der Waals surface area contributed by atoms with Gasteiger partial charge in [0.25, 0.3) is 5.56 Å². The van der Waals surface area contributed by atoms with Crippen molar-refractivity contribution >= 4 is 10.9 Å². The van der Waals surface area contributed by atoms with Gasteiger partial charge in [0, 0.05) is 12.1 Å². The van der Waals surface area contributed by atoms with Gasteiger partial charge in [-0.1, -0.05) is 30.7 Å². The highest BCUT2D eigenvalue weighted by molar-refractivity contribution is 5.81. The van der Waals surface area contributed by atoms with E-state index in [-0.39, 0.29) is 5.56 Å². The van der Waals surface area contributed by atoms with Crippen LogP contribution >= 0.6 is 0 Å². The molecule has 5 heteroatoms. The first-order chi connectivity index (χ1) is 14.1. The van der Waals surface area contributed by atoms with Gasteiger partial charge in [0.05, 0.1) is 18.0 Å². The number of hydrogen-bond donors (Lipinski definition) is 1. The average molecular weight is 392 g/mol. The Morgan fingerprint density at radius 1 is 1.17 bits per heavy atom. The summed E-state index contributed by atoms with van der Waals surface area (Å²) in [5, 5.41) is 0.605. The van der Waals surface area contributed by atoms with Crippen LogP contribution in [0.1, 0.15) is 31.2 Å². The monoisotopic (exact) mass is 391 g/mol. The molecule has 2 aromatic carbocycles. The number of benzene rings is 2. The van der Waals surface area contributed by atoms with E-state index in [9.17, 15) is 4.79 Å². The SMILES string of the molecule is COc1ccc2nc(-c3ccccc3C)n(CC3CCCC(CN)C3)c(=O)c2c1. The Bertz CT molecular complexity index is 1070. The lowest BCUT2D eigenvalue weighted by atomic mass is 9.81. The second-order valence-electron chi connectivity index (χ2n) is 8.18. The number of aromatic nitrogens is 2. The molecular weight excluding hydrogens is 362 g/mol. The topological polar surface area (TPSA) is 70.1 Å². The van der Waals surface area contributed by atoms with Crippen LogP contribution in [-0.4, -0.2) is 23.2 Å². The smallest absolute Gasteiger partial charge is 0.261 e. The Balaban J connectivity index is 1.87. The predicted molar refractivity (Wildman–Crippen MR) is 117 cm³/mol. The third kappa shape index (κ3) is 3.92. The largest absolute Gasteiger partial charge is 0.497 e. The van der Waals surface area contributed by atoms with Crippen LogP contribution in [0.5, 0.6) is 5.75 Å². The molecule has 2 atom stereocenters. The van der Waals surface area contributed by atoms with Gasteiger partial charge in [-0.05, 0) is 68.3 Å². The summed E-state index contributed by atoms with van der Waals surface area (Å²) < 4.78 is 7.22. The molecule has 0 spiro atoms. The first kappa shape index (κ1) is 19.6. The van der Waals surface area contributed by atoms with E-state index in [1.165, 1.54) is 12.8 Å². The summed E-state index contributed by atoms with van der Waals surface area (Å²) in [5.74, 6) is 2.43. The Morgan fingerprint density at radius 3 is 2.72 bits per heavy atom. The van der Waals surface area contributed by atoms with Crippen LogP contribution in [0, 0.1) is 18.8 Å². The Morgan fingerprint density at radius 2 is 1.97 bits per heavy atom. The maximum absolute atomic E-state index is 13.6. The van der Waals surface area contributed by atoms with Crippen LogP contribution in [0.4, 0.5) is 0 Å². The minimum absolute atomic E-state index is 0.00188. The molecule has 1 saturated carbocycles. The lowest BCUT2D eigenvalue weighted by Gasteiger charge is -2.29. The van der Waals surface area contributed by atoms with E-state index >= 15 is 0 Å². The highest BCUT2D eigenvalue weighted by atomic mass is 16.5. The van der Waals surface area contributed by atoms with Crippen molar-refractivity contribution in [1.82, 2.24) is 9.55 Å². The fourth-order valence-electron chi connectivity index (χ4n) is 4.57. The Hall–Kier alpha value is -2.66. The fraction of sp³-hybridized carbons (Fsp3) is 0.417. The van der Waals surface area contributed by atoms with E-state index in [0.717, 1.165) is 36.3 Å². The van der Waals surface area contributed by atoms with Crippen LogP contribution in [-0.2, 0) is 6.54 Å². The van der Waals surface area contributed by atoms with Gasteiger partial charge in [0.15, 0.2) is 0 Å². The maximum Gasteiger partial charge on any atom is 0.261 e. The van der Waals surface area contributed by atoms with Crippen LogP contribution in [0.2, 0.25) is 0 Å². The van der Waals surface area contributed by atoms with E-state index in [4.69, 9.17) is 15.5 Å². The number of fused-ring (bicyclic) bond motifs is 1. The minimum Gasteiger partial charge on any atom is -0.497 e. The summed E-state index contributed by atoms with van der Waals surface area (Å²) >= 11 is 0. The summed E-state index contributed by atoms with van der Waals surface area (Å²) in [5.41, 5.74) is 8.77. The van der Waals surface area contributed by atoms with E-state index in [1.54, 1.807) is 13.2 Å². The average Bonchev–Trinajstić information content (AvgIpc) is 2.76. The highest BCUT2D eigenvalue weighted by Gasteiger charge is 2.24. The molecule has 1 aromatic heterocycles. The number of ether oxygens (including phenoxy) is 1. The Kier molecular flexibility index (Phi) is 5.67. The summed E-state index contributed by atoms with van der Waals surface area (Å²) in [6.07, 6.45) is 4.58. The standard InChI is InChI=1S/C24H29N3O2/c1-16-6-3-4-9-20(16)23-26-22-11-10-19(29-2)13-21(22)24(28)27(23)15-18-8-5-7-17(12-18)14-25/h3-4,6,9-11,13,17-18H,5,7-8,12,14-15,25H2,1-2H3. The number of methoxy groups -OCH3 is 1. The van der Waals surface area contributed by atoms with Gasteiger partial charge in [-0.2, -0.15) is 0 Å². The molecule has 5 nitrogen and oxygen atoms in total. The van der Waals surface area contributed by atoms with Crippen molar-refractivity contribution in [3.8, 4) is 17.1 Å². The molecular formula is C24H29N3O2. The van der Waals surface area contributed by atoms with Crippen LogP contribution in [0.25, 0.3) is 22.3 Å². The molecule has 1 heterocycles. The van der Waals surface area contributed by atoms with Crippen molar-refractivity contribution in [3.05, 3.63) is 58.4 Å². The van der Waals surface area contributed by atoms with Gasteiger partial charge in [-0.15, -0.1) is 0 Å². The number of hydrogen-bond acceptors (Lipinski definition) is 4. The number of aryl methyl sites for hydroxylation is 1. The summed E-state index contributed by atoms with van der Waals surface area (Å²) in [4.78, 5) is 18.5. The second-order valence-corrected chi connectivity index (χ2v) is 8.18. The van der Waals surface area contributed by atoms with Gasteiger partial charge < -0.3 is 10.5 Å². The molecule has 1 aliphatic carbocycles. The predicted octanol–water partition coefficient (Wildman–Crippen LogP) is 4.15. The molecule has 0 aliphatic heterocycles. The molecule has 2 unspecified atom stereocenters. The molecule has 29 heavy (non-hydrogen) atoms. The third-order valence-electron chi connectivity index (χ3n) is 6.21. The zero-order chi connectivity index (χ0) is 20.4. The number of nitrogens with two attached hydrogens (primary N) is 1. The van der Waals surface area contributed by atoms with E-state index in [0.29, 0.717) is 35.0 Å². The van der Waals surface area contributed by atoms with E-state index in [2.05, 4.69) is 13.0 Å². The molecule has 1 aliphatic rings. The van der Waals surface area contributed by atoms with Crippen molar-refractivity contribution in [2.45, 2.75) is 39.2 Å². The molecule has 4 rings (SSSR count). The van der Waals surface area contributed by atoms with Gasteiger partial charge in [-0.3, -0.25) is 9.36 Å². The molecule has 0 bridgehead atoms. The minimum atomic E-state index is 0.00188. The molecule has 0 radical (unpaired) electrons. The Labute approximate surface area is 171 Å². The molecule has 152 valence electrons. The van der Waals surface area contributed by atoms with E-state index in [1.807, 2.05) is 34.9 Å². The molecule has 3 aromatic rings. The van der Waals surface area contributed by atoms with Gasteiger partial charge in [0.1, 0.15) is 11.6 Å². The van der Waals surface area contributed by atoms with E-state index < -0.39 is 0 Å². The summed E-state index contributed by atoms with van der Waals surface area (Å²) in [7, 11) is 1.61. The maximum atomic E-state index is 13.6. The van der Waals surface area contributed by atoms with Crippen LogP contribution in [0.3, 0.4) is 0 Å². The van der Waals surface area contributed by atoms with Crippen molar-refractivity contribution in [1.29, 1.82) is 0 Å². The molecule has 0 saturated heterocycles. The molecule has 0 amide bonds. The van der Waals surface area contributed by atoms with Gasteiger partial charge >= 0.3 is 0 Å². The van der Waals surface area contributed by atoms with Crippen molar-refractivity contribution in [3.63, 3.8) is 0 Å². The van der Waals surface area contributed by atoms with Crippen molar-refractivity contribution in [2.24, 2.45) is 17.6 Å². The van der Waals surface area contributed by atoms with Crippen molar-refractivity contribution < 1.29 is 4.74 Å². The second kappa shape index (κ2) is 8.37. The van der Waals surface area contributed by atoms with Gasteiger partial charge in [0.2, 0.25) is 0 Å². The van der Waals surface area contributed by atoms with Gasteiger partial charge in [-0.25, -0.2) is 4.98 Å². The molecule has 2 N–H and O–H groups in total. The van der Waals surface area contributed by atoms with Crippen LogP contribution < -0.4 is 16.0 Å². The number of rotatable bonds is 5. The van der Waals surface area contributed by atoms with Crippen molar-refractivity contribution in [2.75, 3.05) is 13.7 Å². The quantitative estimate of drug-likeness (QED) is 0.709. The molecule has 1 fully saturated rings. The number of nitrogens with zero attached hydrogens (tertiary/aromatic N) is 2. The summed E-state index contributed by atoms with van der Waals surface area (Å²) in [6.45, 7) is 3.47.